The van der Waals surface area contributed by atoms with Crippen molar-refractivity contribution in [1.29, 1.82) is 0 Å². The fourth-order valence-electron chi connectivity index (χ4n) is 3.31. The number of hydrogen-bond donors (Lipinski definition) is 1. The summed E-state index contributed by atoms with van der Waals surface area (Å²) in [5.74, 6) is 0.00910. The average Bonchev–Trinajstić information content (AvgIpc) is 3.07. The molecule has 1 heterocycles. The number of halogens is 2. The van der Waals surface area contributed by atoms with Gasteiger partial charge >= 0.3 is 0 Å². The largest absolute Gasteiger partial charge is 0.496 e. The molecule has 2 aliphatic rings. The molecule has 1 N–H and O–H groups in total. The number of aliphatic hydroxyl groups excluding tert-OH is 1. The SMILES string of the molecule is COc1cc(Cl)c(C(O)c2ccc3c(c2)C2(C3)OCCO2)cc1Br. The summed E-state index contributed by atoms with van der Waals surface area (Å²) in [5, 5.41) is 11.3. The van der Waals surface area contributed by atoms with Gasteiger partial charge < -0.3 is 19.3 Å². The van der Waals surface area contributed by atoms with Gasteiger partial charge in [0.25, 0.3) is 0 Å². The second-order valence-corrected chi connectivity index (χ2v) is 7.22. The molecule has 0 saturated carbocycles. The van der Waals surface area contributed by atoms with Gasteiger partial charge in [0.2, 0.25) is 0 Å². The molecule has 2 aromatic rings. The second kappa shape index (κ2) is 6.00. The predicted octanol–water partition coefficient (Wildman–Crippen LogP) is 3.95. The van der Waals surface area contributed by atoms with Gasteiger partial charge in [-0.05, 0) is 39.2 Å². The summed E-state index contributed by atoms with van der Waals surface area (Å²) >= 11 is 9.75. The lowest BCUT2D eigenvalue weighted by molar-refractivity contribution is -0.182. The number of fused-ring (bicyclic) bond motifs is 2. The lowest BCUT2D eigenvalue weighted by Gasteiger charge is -2.39. The zero-order valence-electron chi connectivity index (χ0n) is 13.0. The van der Waals surface area contributed by atoms with Crippen LogP contribution in [0.25, 0.3) is 0 Å². The van der Waals surface area contributed by atoms with Crippen molar-refractivity contribution >= 4 is 27.5 Å². The minimum Gasteiger partial charge on any atom is -0.496 e. The van der Waals surface area contributed by atoms with Gasteiger partial charge in [-0.15, -0.1) is 0 Å². The molecular formula is C18H16BrClO4. The third-order valence-electron chi connectivity index (χ3n) is 4.60. The number of hydrogen-bond acceptors (Lipinski definition) is 4. The zero-order valence-corrected chi connectivity index (χ0v) is 15.4. The van der Waals surface area contributed by atoms with Crippen LogP contribution >= 0.6 is 27.5 Å². The van der Waals surface area contributed by atoms with E-state index in [1.807, 2.05) is 18.2 Å². The van der Waals surface area contributed by atoms with Crippen LogP contribution in [0.4, 0.5) is 0 Å². The highest BCUT2D eigenvalue weighted by Crippen LogP contribution is 2.47. The Bertz CT molecular complexity index is 802. The summed E-state index contributed by atoms with van der Waals surface area (Å²) in [6.45, 7) is 1.20. The number of rotatable bonds is 3. The fourth-order valence-corrected chi connectivity index (χ4v) is 4.09. The zero-order chi connectivity index (χ0) is 16.9. The molecule has 0 radical (unpaired) electrons. The summed E-state index contributed by atoms with van der Waals surface area (Å²) in [6, 6.07) is 9.35. The molecule has 1 saturated heterocycles. The van der Waals surface area contributed by atoms with Crippen LogP contribution in [0, 0.1) is 0 Å². The van der Waals surface area contributed by atoms with Crippen LogP contribution in [0.3, 0.4) is 0 Å². The second-order valence-electron chi connectivity index (χ2n) is 5.95. The van der Waals surface area contributed by atoms with Crippen LogP contribution in [0.5, 0.6) is 5.75 Å². The molecule has 2 aromatic carbocycles. The molecule has 0 aromatic heterocycles. The molecular weight excluding hydrogens is 396 g/mol. The highest BCUT2D eigenvalue weighted by molar-refractivity contribution is 9.10. The molecule has 1 fully saturated rings. The Labute approximate surface area is 153 Å². The van der Waals surface area contributed by atoms with Crippen molar-refractivity contribution in [2.75, 3.05) is 20.3 Å². The van der Waals surface area contributed by atoms with Gasteiger partial charge in [0.1, 0.15) is 11.9 Å². The minimum absolute atomic E-state index is 0.452. The van der Waals surface area contributed by atoms with E-state index in [-0.39, 0.29) is 0 Å². The molecule has 1 spiro atoms. The number of methoxy groups -OCH3 is 1. The van der Waals surface area contributed by atoms with E-state index >= 15 is 0 Å². The summed E-state index contributed by atoms with van der Waals surface area (Å²) in [7, 11) is 1.57. The van der Waals surface area contributed by atoms with E-state index in [1.54, 1.807) is 19.2 Å². The Balaban J connectivity index is 1.70. The van der Waals surface area contributed by atoms with Crippen LogP contribution < -0.4 is 4.74 Å². The first-order valence-corrected chi connectivity index (χ1v) is 8.83. The van der Waals surface area contributed by atoms with Gasteiger partial charge in [-0.25, -0.2) is 0 Å². The summed E-state index contributed by atoms with van der Waals surface area (Å²) < 4.78 is 17.5. The maximum atomic E-state index is 10.8. The molecule has 1 aliphatic heterocycles. The number of ether oxygens (including phenoxy) is 3. The topological polar surface area (TPSA) is 47.9 Å². The molecule has 6 heteroatoms. The fraction of sp³-hybridized carbons (Fsp3) is 0.333. The van der Waals surface area contributed by atoms with Crippen molar-refractivity contribution < 1.29 is 19.3 Å². The van der Waals surface area contributed by atoms with Crippen LogP contribution in [0.2, 0.25) is 5.02 Å². The summed E-state index contributed by atoms with van der Waals surface area (Å²) in [5.41, 5.74) is 3.56. The standard InChI is InChI=1S/C18H16BrClO4/c1-22-16-8-15(20)12(7-14(16)19)17(21)10-2-3-11-9-18(13(11)6-10)23-4-5-24-18/h2-3,6-8,17,21H,4-5,9H2,1H3. The quantitative estimate of drug-likeness (QED) is 0.831. The maximum Gasteiger partial charge on any atom is 0.199 e. The normalized spacial score (nSPS) is 19.0. The van der Waals surface area contributed by atoms with E-state index in [4.69, 9.17) is 25.8 Å². The van der Waals surface area contributed by atoms with E-state index in [0.717, 1.165) is 22.0 Å². The van der Waals surface area contributed by atoms with Gasteiger partial charge in [-0.1, -0.05) is 23.7 Å². The lowest BCUT2D eigenvalue weighted by Crippen LogP contribution is -2.40. The van der Waals surface area contributed by atoms with Gasteiger partial charge in [0.15, 0.2) is 5.79 Å². The van der Waals surface area contributed by atoms with Crippen LogP contribution in [0.15, 0.2) is 34.8 Å². The Morgan fingerprint density at radius 3 is 2.71 bits per heavy atom. The monoisotopic (exact) mass is 410 g/mol. The van der Waals surface area contributed by atoms with Gasteiger partial charge in [-0.2, -0.15) is 0 Å². The number of aliphatic hydroxyl groups is 1. The van der Waals surface area contributed by atoms with Crippen molar-refractivity contribution in [1.82, 2.24) is 0 Å². The van der Waals surface area contributed by atoms with E-state index < -0.39 is 11.9 Å². The first-order valence-electron chi connectivity index (χ1n) is 7.66. The first-order chi connectivity index (χ1) is 11.5. The highest BCUT2D eigenvalue weighted by Gasteiger charge is 2.48. The van der Waals surface area contributed by atoms with E-state index in [1.165, 1.54) is 5.56 Å². The van der Waals surface area contributed by atoms with Crippen molar-refractivity contribution in [3.05, 3.63) is 62.1 Å². The van der Waals surface area contributed by atoms with Crippen molar-refractivity contribution in [3.8, 4) is 5.75 Å². The van der Waals surface area contributed by atoms with Crippen molar-refractivity contribution in [2.45, 2.75) is 18.3 Å². The van der Waals surface area contributed by atoms with Gasteiger partial charge in [-0.3, -0.25) is 0 Å². The molecule has 4 nitrogen and oxygen atoms in total. The molecule has 0 amide bonds. The minimum atomic E-state index is -0.843. The molecule has 0 bridgehead atoms. The van der Waals surface area contributed by atoms with E-state index in [0.29, 0.717) is 29.5 Å². The Hall–Kier alpha value is -1.11. The molecule has 126 valence electrons. The van der Waals surface area contributed by atoms with Crippen LogP contribution in [-0.4, -0.2) is 25.4 Å². The Morgan fingerprint density at radius 1 is 1.25 bits per heavy atom. The van der Waals surface area contributed by atoms with Crippen LogP contribution in [0.1, 0.15) is 28.4 Å². The van der Waals surface area contributed by atoms with Gasteiger partial charge in [0.05, 0.1) is 29.8 Å². The van der Waals surface area contributed by atoms with Crippen molar-refractivity contribution in [2.24, 2.45) is 0 Å². The third kappa shape index (κ3) is 2.47. The smallest absolute Gasteiger partial charge is 0.199 e. The highest BCUT2D eigenvalue weighted by atomic mass is 79.9. The Morgan fingerprint density at radius 2 is 2.00 bits per heavy atom. The summed E-state index contributed by atoms with van der Waals surface area (Å²) in [6.07, 6.45) is -0.0860. The molecule has 1 unspecified atom stereocenters. The summed E-state index contributed by atoms with van der Waals surface area (Å²) in [4.78, 5) is 0. The maximum absolute atomic E-state index is 10.8. The molecule has 4 rings (SSSR count). The third-order valence-corrected chi connectivity index (χ3v) is 5.55. The van der Waals surface area contributed by atoms with Crippen molar-refractivity contribution in [3.63, 3.8) is 0 Å². The lowest BCUT2D eigenvalue weighted by atomic mass is 9.80. The first kappa shape index (κ1) is 16.4. The Kier molecular flexibility index (Phi) is 4.09. The predicted molar refractivity (Wildman–Crippen MR) is 93.5 cm³/mol. The van der Waals surface area contributed by atoms with Gasteiger partial charge in [0, 0.05) is 23.6 Å². The number of benzene rings is 2. The molecule has 1 atom stereocenters. The average molecular weight is 412 g/mol. The van der Waals surface area contributed by atoms with E-state index in [2.05, 4.69) is 15.9 Å². The van der Waals surface area contributed by atoms with Crippen LogP contribution in [-0.2, 0) is 21.7 Å². The molecule has 1 aliphatic carbocycles. The van der Waals surface area contributed by atoms with E-state index in [9.17, 15) is 5.11 Å². The molecule has 24 heavy (non-hydrogen) atoms.